The molecule has 0 spiro atoms. The number of aliphatic carboxylic acids is 1. The molecule has 51 heavy (non-hydrogen) atoms. The number of anilines is 1. The molecule has 0 amide bonds. The Bertz CT molecular complexity index is 1870. The molecule has 16 heteroatoms. The van der Waals surface area contributed by atoms with Gasteiger partial charge < -0.3 is 29.4 Å². The molecule has 0 saturated heterocycles. The summed E-state index contributed by atoms with van der Waals surface area (Å²) >= 11 is 0. The molecule has 0 aliphatic rings. The molecule has 9 nitrogen and oxygen atoms in total. The van der Waals surface area contributed by atoms with E-state index in [4.69, 9.17) is 9.47 Å². The minimum atomic E-state index is -4.80. The summed E-state index contributed by atoms with van der Waals surface area (Å²) in [6.07, 6.45) is -7.23. The quantitative estimate of drug-likeness (QED) is 0.125. The third-order valence-corrected chi connectivity index (χ3v) is 7.50. The number of nitriles is 1. The average molecular weight is 725 g/mol. The first-order valence-corrected chi connectivity index (χ1v) is 15.0. The molecular weight excluding hydrogens is 693 g/mol. The SMILES string of the molecule is COc1ccc(C(C)(C)O)cc1-c1ccc(C(F)(F)F)cc1CN(Cc1cc(C#N)cc(C(F)(F)F)c1)c1ncc(OCCCC(=O)[O-])cn1.[Na+]. The van der Waals surface area contributed by atoms with Crippen LogP contribution in [0.3, 0.4) is 0 Å². The van der Waals surface area contributed by atoms with Gasteiger partial charge in [0.15, 0.2) is 5.75 Å². The van der Waals surface area contributed by atoms with E-state index >= 15 is 0 Å². The van der Waals surface area contributed by atoms with Crippen LogP contribution in [0.15, 0.2) is 67.0 Å². The van der Waals surface area contributed by atoms with Gasteiger partial charge in [0.05, 0.1) is 54.5 Å². The van der Waals surface area contributed by atoms with Crippen molar-refractivity contribution in [2.45, 2.75) is 57.7 Å². The van der Waals surface area contributed by atoms with E-state index in [-0.39, 0.29) is 102 Å². The van der Waals surface area contributed by atoms with Crippen LogP contribution in [0.25, 0.3) is 11.1 Å². The number of carbonyl (C=O) groups excluding carboxylic acids is 1. The maximum atomic E-state index is 14.0. The number of carboxylic acids is 1. The Morgan fingerprint density at radius 2 is 1.55 bits per heavy atom. The number of hydrogen-bond donors (Lipinski definition) is 1. The van der Waals surface area contributed by atoms with Gasteiger partial charge in [0, 0.05) is 24.6 Å². The van der Waals surface area contributed by atoms with Crippen LogP contribution in [-0.4, -0.2) is 34.8 Å². The summed E-state index contributed by atoms with van der Waals surface area (Å²) in [4.78, 5) is 20.5. The van der Waals surface area contributed by atoms with Crippen molar-refractivity contribution in [2.24, 2.45) is 0 Å². The van der Waals surface area contributed by atoms with Gasteiger partial charge in [0.1, 0.15) is 5.75 Å². The monoisotopic (exact) mass is 724 g/mol. The summed E-state index contributed by atoms with van der Waals surface area (Å²) in [6.45, 7) is 2.31. The number of hydrogen-bond acceptors (Lipinski definition) is 9. The largest absolute Gasteiger partial charge is 1.00 e. The van der Waals surface area contributed by atoms with E-state index < -0.39 is 35.0 Å². The van der Waals surface area contributed by atoms with Crippen molar-refractivity contribution in [2.75, 3.05) is 18.6 Å². The molecule has 0 atom stereocenters. The average Bonchev–Trinajstić information content (AvgIpc) is 3.05. The van der Waals surface area contributed by atoms with Gasteiger partial charge in [-0.1, -0.05) is 12.1 Å². The maximum absolute atomic E-state index is 14.0. The van der Waals surface area contributed by atoms with Crippen LogP contribution in [0.4, 0.5) is 32.3 Å². The van der Waals surface area contributed by atoms with Crippen LogP contribution in [0.2, 0.25) is 0 Å². The number of rotatable bonds is 13. The number of ether oxygens (including phenoxy) is 2. The minimum absolute atomic E-state index is 0. The molecule has 0 aliphatic heterocycles. The van der Waals surface area contributed by atoms with Gasteiger partial charge in [-0.3, -0.25) is 0 Å². The van der Waals surface area contributed by atoms with Crippen LogP contribution >= 0.6 is 0 Å². The minimum Gasteiger partial charge on any atom is -0.550 e. The summed E-state index contributed by atoms with van der Waals surface area (Å²) in [6, 6.07) is 12.2. The molecule has 1 aromatic heterocycles. The molecule has 0 radical (unpaired) electrons. The number of methoxy groups -OCH3 is 1. The van der Waals surface area contributed by atoms with Gasteiger partial charge >= 0.3 is 41.9 Å². The van der Waals surface area contributed by atoms with E-state index in [0.29, 0.717) is 17.2 Å². The summed E-state index contributed by atoms with van der Waals surface area (Å²) in [5.74, 6) is -0.962. The van der Waals surface area contributed by atoms with E-state index in [1.54, 1.807) is 24.3 Å². The fourth-order valence-electron chi connectivity index (χ4n) is 5.05. The number of halogens is 6. The zero-order valence-corrected chi connectivity index (χ0v) is 30.0. The number of alkyl halides is 6. The predicted molar refractivity (Wildman–Crippen MR) is 166 cm³/mol. The van der Waals surface area contributed by atoms with Crippen LogP contribution in [0, 0.1) is 11.3 Å². The molecular formula is C35H31F6N4NaO5. The smallest absolute Gasteiger partial charge is 0.550 e. The number of carboxylic acid groups (broad SMARTS) is 1. The maximum Gasteiger partial charge on any atom is 1.00 e. The first-order chi connectivity index (χ1) is 23.4. The van der Waals surface area contributed by atoms with Gasteiger partial charge in [0.2, 0.25) is 5.95 Å². The zero-order valence-electron chi connectivity index (χ0n) is 28.0. The van der Waals surface area contributed by atoms with Crippen molar-refractivity contribution in [3.63, 3.8) is 0 Å². The first kappa shape index (κ1) is 41.1. The van der Waals surface area contributed by atoms with Gasteiger partial charge in [-0.2, -0.15) is 31.6 Å². The van der Waals surface area contributed by atoms with Crippen molar-refractivity contribution in [3.05, 3.63) is 100 Å². The Morgan fingerprint density at radius 1 is 0.902 bits per heavy atom. The second kappa shape index (κ2) is 16.8. The van der Waals surface area contributed by atoms with Crippen LogP contribution in [-0.2, 0) is 35.8 Å². The molecule has 0 unspecified atom stereocenters. The Balaban J connectivity index is 0.00000702. The third kappa shape index (κ3) is 11.1. The Morgan fingerprint density at radius 3 is 2.12 bits per heavy atom. The summed E-state index contributed by atoms with van der Waals surface area (Å²) < 4.78 is 94.4. The topological polar surface area (TPSA) is 132 Å². The second-order valence-corrected chi connectivity index (χ2v) is 11.8. The number of benzene rings is 3. The number of aromatic nitrogens is 2. The van der Waals surface area contributed by atoms with Crippen LogP contribution < -0.4 is 49.0 Å². The van der Waals surface area contributed by atoms with Crippen molar-refractivity contribution in [1.82, 2.24) is 9.97 Å². The van der Waals surface area contributed by atoms with Crippen LogP contribution in [0.5, 0.6) is 11.5 Å². The fourth-order valence-corrected chi connectivity index (χ4v) is 5.05. The van der Waals surface area contributed by atoms with Gasteiger partial charge in [0.25, 0.3) is 0 Å². The summed E-state index contributed by atoms with van der Waals surface area (Å²) in [5.41, 5.74) is -2.62. The van der Waals surface area contributed by atoms with Crippen LogP contribution in [0.1, 0.15) is 60.1 Å². The summed E-state index contributed by atoms with van der Waals surface area (Å²) in [5, 5.41) is 30.8. The normalized spacial score (nSPS) is 11.7. The molecule has 1 heterocycles. The van der Waals surface area contributed by atoms with Crippen molar-refractivity contribution >= 4 is 11.9 Å². The Kier molecular flexibility index (Phi) is 13.5. The van der Waals surface area contributed by atoms with E-state index in [9.17, 15) is 46.6 Å². The first-order valence-electron chi connectivity index (χ1n) is 15.0. The third-order valence-electron chi connectivity index (χ3n) is 7.50. The van der Waals surface area contributed by atoms with E-state index in [1.165, 1.54) is 50.4 Å². The van der Waals surface area contributed by atoms with Gasteiger partial charge in [-0.05, 0) is 91.4 Å². The standard InChI is InChI=1S/C35H32F6N4O5.Na/c1-33(2,48)24-7-9-30(49-3)29(15-24)28-8-6-25(34(36,37)38)14-23(28)20-45(19-22-11-21(16-42)12-26(13-22)35(39,40)41)32-43-17-27(18-44-32)50-10-4-5-31(46)47;/h6-9,11-15,17-18,48H,4-5,10,19-20H2,1-3H3,(H,46,47);/q;+1/p-1. The van der Waals surface area contributed by atoms with E-state index in [0.717, 1.165) is 18.2 Å². The Hall–Kier alpha value is -4.36. The number of nitrogens with zero attached hydrogens (tertiary/aromatic N) is 4. The molecule has 264 valence electrons. The van der Waals surface area contributed by atoms with Crippen molar-refractivity contribution in [3.8, 4) is 28.7 Å². The fraction of sp³-hybridized carbons (Fsp3) is 0.314. The molecule has 0 bridgehead atoms. The Labute approximate surface area is 311 Å². The molecule has 3 aromatic carbocycles. The number of aliphatic hydroxyl groups is 1. The summed E-state index contributed by atoms with van der Waals surface area (Å²) in [7, 11) is 1.37. The number of carbonyl (C=O) groups is 1. The zero-order chi connectivity index (χ0) is 36.9. The van der Waals surface area contributed by atoms with Crippen molar-refractivity contribution < 1.29 is 80.4 Å². The van der Waals surface area contributed by atoms with E-state index in [1.807, 2.05) is 0 Å². The molecule has 0 saturated carbocycles. The molecule has 4 rings (SSSR count). The predicted octanol–water partition coefficient (Wildman–Crippen LogP) is 3.41. The molecule has 0 fully saturated rings. The van der Waals surface area contributed by atoms with Gasteiger partial charge in [-0.15, -0.1) is 0 Å². The van der Waals surface area contributed by atoms with Crippen molar-refractivity contribution in [1.29, 1.82) is 5.26 Å². The molecule has 4 aromatic rings. The van der Waals surface area contributed by atoms with Gasteiger partial charge in [-0.25, -0.2) is 9.97 Å². The molecule has 0 aliphatic carbocycles. The van der Waals surface area contributed by atoms with E-state index in [2.05, 4.69) is 9.97 Å². The second-order valence-electron chi connectivity index (χ2n) is 11.8. The molecule has 1 N–H and O–H groups in total.